The Bertz CT molecular complexity index is 1190. The fourth-order valence-corrected chi connectivity index (χ4v) is 4.96. The molecule has 8 nitrogen and oxygen atoms in total. The first-order chi connectivity index (χ1) is 16.2. The normalized spacial score (nSPS) is 16.7. The lowest BCUT2D eigenvalue weighted by molar-refractivity contribution is -0.140. The number of nitrogens with zero attached hydrogens (tertiary/aromatic N) is 6. The summed E-state index contributed by atoms with van der Waals surface area (Å²) in [5, 5.41) is 4.36. The predicted octanol–water partition coefficient (Wildman–Crippen LogP) is 4.53. The van der Waals surface area contributed by atoms with Gasteiger partial charge in [0.25, 0.3) is 0 Å². The number of benzene rings is 1. The Labute approximate surface area is 201 Å². The van der Waals surface area contributed by atoms with E-state index in [4.69, 9.17) is 9.72 Å². The van der Waals surface area contributed by atoms with Crippen LogP contribution in [0, 0.1) is 5.41 Å². The highest BCUT2D eigenvalue weighted by molar-refractivity contribution is 5.81. The van der Waals surface area contributed by atoms with Gasteiger partial charge in [0.15, 0.2) is 5.82 Å². The lowest BCUT2D eigenvalue weighted by atomic mass is 9.87. The second-order valence-electron chi connectivity index (χ2n) is 10.7. The van der Waals surface area contributed by atoms with Gasteiger partial charge in [-0.3, -0.25) is 4.79 Å². The molecule has 0 N–H and O–H groups in total. The van der Waals surface area contributed by atoms with Gasteiger partial charge in [0.1, 0.15) is 30.2 Å². The van der Waals surface area contributed by atoms with Gasteiger partial charge in [0.2, 0.25) is 5.91 Å². The van der Waals surface area contributed by atoms with Crippen molar-refractivity contribution in [3.8, 4) is 28.7 Å². The highest BCUT2D eigenvalue weighted by atomic mass is 16.5. The van der Waals surface area contributed by atoms with E-state index >= 15 is 0 Å². The van der Waals surface area contributed by atoms with Crippen LogP contribution in [0.3, 0.4) is 0 Å². The van der Waals surface area contributed by atoms with Crippen LogP contribution < -0.4 is 4.74 Å². The maximum atomic E-state index is 12.6. The average molecular weight is 463 g/mol. The smallest absolute Gasteiger partial charge is 0.227 e. The zero-order valence-electron chi connectivity index (χ0n) is 20.8. The first-order valence-corrected chi connectivity index (χ1v) is 12.3. The summed E-state index contributed by atoms with van der Waals surface area (Å²) in [5.74, 6) is 3.24. The van der Waals surface area contributed by atoms with Crippen molar-refractivity contribution in [2.24, 2.45) is 5.41 Å². The van der Waals surface area contributed by atoms with Gasteiger partial charge in [0, 0.05) is 30.7 Å². The minimum atomic E-state index is -0.325. The molecule has 0 saturated carbocycles. The molecule has 3 aromatic rings. The summed E-state index contributed by atoms with van der Waals surface area (Å²) in [6.45, 7) is 13.1. The van der Waals surface area contributed by atoms with Crippen molar-refractivity contribution in [2.75, 3.05) is 19.7 Å². The Morgan fingerprint density at radius 1 is 1.12 bits per heavy atom. The van der Waals surface area contributed by atoms with Gasteiger partial charge in [-0.05, 0) is 50.3 Å². The molecule has 0 spiro atoms. The summed E-state index contributed by atoms with van der Waals surface area (Å²) in [4.78, 5) is 24.1. The first-order valence-electron chi connectivity index (χ1n) is 12.3. The number of hydrogen-bond donors (Lipinski definition) is 0. The topological polar surface area (TPSA) is 78.1 Å². The maximum absolute atomic E-state index is 12.6. The van der Waals surface area contributed by atoms with Crippen LogP contribution in [0.4, 0.5) is 0 Å². The number of imidazole rings is 1. The minimum Gasteiger partial charge on any atom is -0.491 e. The Kier molecular flexibility index (Phi) is 5.70. The summed E-state index contributed by atoms with van der Waals surface area (Å²) in [5.41, 5.74) is 2.78. The molecule has 180 valence electrons. The van der Waals surface area contributed by atoms with E-state index in [1.54, 1.807) is 6.33 Å². The lowest BCUT2D eigenvalue weighted by Gasteiger charge is -2.36. The Balaban J connectivity index is 1.39. The fourth-order valence-electron chi connectivity index (χ4n) is 4.96. The summed E-state index contributed by atoms with van der Waals surface area (Å²) in [7, 11) is 0. The van der Waals surface area contributed by atoms with E-state index in [0.717, 1.165) is 61.1 Å². The third-order valence-electron chi connectivity index (χ3n) is 6.80. The molecule has 2 aliphatic rings. The third kappa shape index (κ3) is 4.10. The van der Waals surface area contributed by atoms with Crippen LogP contribution in [0.5, 0.6) is 5.75 Å². The van der Waals surface area contributed by atoms with Crippen molar-refractivity contribution in [3.05, 3.63) is 36.3 Å². The van der Waals surface area contributed by atoms with Crippen LogP contribution in [0.15, 0.2) is 30.7 Å². The lowest BCUT2D eigenvalue weighted by Crippen LogP contribution is -2.43. The molecule has 1 fully saturated rings. The highest BCUT2D eigenvalue weighted by Gasteiger charge is 2.31. The Morgan fingerprint density at radius 3 is 2.59 bits per heavy atom. The van der Waals surface area contributed by atoms with E-state index in [9.17, 15) is 4.79 Å². The van der Waals surface area contributed by atoms with Crippen molar-refractivity contribution < 1.29 is 9.53 Å². The SMILES string of the molecule is CC(C)n1ncnc1-c1cn2c(n1)-c1ccc(C3CCN(C(=O)C(C)(C)C)CC3)cc1OCC2. The van der Waals surface area contributed by atoms with Gasteiger partial charge >= 0.3 is 0 Å². The van der Waals surface area contributed by atoms with Gasteiger partial charge < -0.3 is 14.2 Å². The second kappa shape index (κ2) is 8.56. The van der Waals surface area contributed by atoms with Gasteiger partial charge in [-0.25, -0.2) is 14.6 Å². The van der Waals surface area contributed by atoms with Crippen LogP contribution in [0.1, 0.15) is 65.0 Å². The average Bonchev–Trinajstić information content (AvgIpc) is 3.42. The number of fused-ring (bicyclic) bond motifs is 3. The zero-order valence-corrected chi connectivity index (χ0v) is 20.8. The third-order valence-corrected chi connectivity index (χ3v) is 6.80. The van der Waals surface area contributed by atoms with E-state index in [-0.39, 0.29) is 17.4 Å². The number of carbonyl (C=O) groups is 1. The van der Waals surface area contributed by atoms with Crippen LogP contribution >= 0.6 is 0 Å². The van der Waals surface area contributed by atoms with E-state index < -0.39 is 0 Å². The standard InChI is InChI=1S/C26H34N6O2/c1-17(2)32-24(27-16-28-32)21-15-31-12-13-34-22-14-19(6-7-20(22)23(31)29-21)18-8-10-30(11-9-18)25(33)26(3,4)5/h6-7,14-18H,8-13H2,1-5H3. The van der Waals surface area contributed by atoms with E-state index in [2.05, 4.69) is 46.7 Å². The van der Waals surface area contributed by atoms with E-state index in [1.807, 2.05) is 36.5 Å². The van der Waals surface area contributed by atoms with Crippen molar-refractivity contribution in [2.45, 2.75) is 66.0 Å². The number of piperidine rings is 1. The number of carbonyl (C=O) groups excluding carboxylic acids is 1. The molecule has 2 aliphatic heterocycles. The molecular formula is C26H34N6O2. The fraction of sp³-hybridized carbons (Fsp3) is 0.538. The van der Waals surface area contributed by atoms with Crippen LogP contribution in [-0.2, 0) is 11.3 Å². The number of ether oxygens (including phenoxy) is 1. The molecule has 5 rings (SSSR count). The molecule has 4 heterocycles. The van der Waals surface area contributed by atoms with Crippen LogP contribution in [0.25, 0.3) is 22.9 Å². The van der Waals surface area contributed by atoms with Crippen molar-refractivity contribution in [3.63, 3.8) is 0 Å². The second-order valence-corrected chi connectivity index (χ2v) is 10.7. The highest BCUT2D eigenvalue weighted by Crippen LogP contribution is 2.38. The van der Waals surface area contributed by atoms with Gasteiger partial charge in [-0.15, -0.1) is 0 Å². The molecular weight excluding hydrogens is 428 g/mol. The molecule has 0 bridgehead atoms. The van der Waals surface area contributed by atoms with Gasteiger partial charge in [-0.2, -0.15) is 5.10 Å². The quantitative estimate of drug-likeness (QED) is 0.571. The maximum Gasteiger partial charge on any atom is 0.227 e. The van der Waals surface area contributed by atoms with Crippen molar-refractivity contribution in [1.29, 1.82) is 0 Å². The molecule has 0 unspecified atom stereocenters. The Morgan fingerprint density at radius 2 is 1.88 bits per heavy atom. The number of amides is 1. The number of aromatic nitrogens is 5. The monoisotopic (exact) mass is 462 g/mol. The van der Waals surface area contributed by atoms with Crippen LogP contribution in [0.2, 0.25) is 0 Å². The molecule has 0 aliphatic carbocycles. The molecule has 1 amide bonds. The summed E-state index contributed by atoms with van der Waals surface area (Å²) < 4.78 is 10.2. The summed E-state index contributed by atoms with van der Waals surface area (Å²) in [6.07, 6.45) is 5.59. The predicted molar refractivity (Wildman–Crippen MR) is 131 cm³/mol. The Hall–Kier alpha value is -3.16. The molecule has 0 radical (unpaired) electrons. The van der Waals surface area contributed by atoms with Crippen molar-refractivity contribution in [1.82, 2.24) is 29.2 Å². The van der Waals surface area contributed by atoms with Gasteiger partial charge in [0.05, 0.1) is 12.1 Å². The number of hydrogen-bond acceptors (Lipinski definition) is 5. The molecule has 1 saturated heterocycles. The molecule has 34 heavy (non-hydrogen) atoms. The van der Waals surface area contributed by atoms with Crippen molar-refractivity contribution >= 4 is 5.91 Å². The van der Waals surface area contributed by atoms with Crippen LogP contribution in [-0.4, -0.2) is 54.8 Å². The first kappa shape index (κ1) is 22.6. The minimum absolute atomic E-state index is 0.210. The van der Waals surface area contributed by atoms with E-state index in [1.165, 1.54) is 5.56 Å². The summed E-state index contributed by atoms with van der Waals surface area (Å²) >= 11 is 0. The molecule has 2 aromatic heterocycles. The number of likely N-dealkylation sites (tertiary alicyclic amines) is 1. The summed E-state index contributed by atoms with van der Waals surface area (Å²) in [6, 6.07) is 6.73. The van der Waals surface area contributed by atoms with E-state index in [0.29, 0.717) is 12.5 Å². The number of rotatable bonds is 3. The van der Waals surface area contributed by atoms with Gasteiger partial charge in [-0.1, -0.05) is 26.8 Å². The molecule has 1 aromatic carbocycles. The molecule has 0 atom stereocenters. The largest absolute Gasteiger partial charge is 0.491 e. The zero-order chi connectivity index (χ0) is 24.0. The molecule has 8 heteroatoms.